The summed E-state index contributed by atoms with van der Waals surface area (Å²) in [5.74, 6) is 0.556. The lowest BCUT2D eigenvalue weighted by molar-refractivity contribution is -0.0503. The molecule has 2 heteroatoms. The molecular formula is C9H21NO. The van der Waals surface area contributed by atoms with Gasteiger partial charge in [-0.2, -0.15) is 0 Å². The molecule has 68 valence electrons. The minimum atomic E-state index is -0.00479. The summed E-state index contributed by atoms with van der Waals surface area (Å²) in [4.78, 5) is 0. The van der Waals surface area contributed by atoms with Gasteiger partial charge in [-0.1, -0.05) is 13.8 Å². The summed E-state index contributed by atoms with van der Waals surface area (Å²) < 4.78 is 5.65. The minimum Gasteiger partial charge on any atom is -0.375 e. The summed E-state index contributed by atoms with van der Waals surface area (Å²) in [5, 5.41) is 0. The highest BCUT2D eigenvalue weighted by Crippen LogP contribution is 2.19. The highest BCUT2D eigenvalue weighted by atomic mass is 16.5. The molecule has 0 saturated carbocycles. The second-order valence-corrected chi connectivity index (χ2v) is 3.75. The molecule has 0 spiro atoms. The molecule has 0 aromatic carbocycles. The predicted octanol–water partition coefficient (Wildman–Crippen LogP) is 1.79. The minimum absolute atomic E-state index is 0.00479. The molecule has 0 fully saturated rings. The molecule has 0 amide bonds. The molecule has 0 unspecified atom stereocenters. The molecule has 2 nitrogen and oxygen atoms in total. The van der Waals surface area contributed by atoms with Crippen LogP contribution in [0.5, 0.6) is 0 Å². The molecule has 0 aliphatic rings. The van der Waals surface area contributed by atoms with Crippen molar-refractivity contribution in [2.45, 2.75) is 39.7 Å². The smallest absolute Gasteiger partial charge is 0.0649 e. The van der Waals surface area contributed by atoms with Crippen LogP contribution in [0.25, 0.3) is 0 Å². The SMILES string of the molecule is CC(C)C(C)(C)OCCCN. The quantitative estimate of drug-likeness (QED) is 0.621. The van der Waals surface area contributed by atoms with Gasteiger partial charge in [-0.3, -0.25) is 0 Å². The monoisotopic (exact) mass is 159 g/mol. The summed E-state index contributed by atoms with van der Waals surface area (Å²) in [7, 11) is 0. The van der Waals surface area contributed by atoms with Gasteiger partial charge in [0.15, 0.2) is 0 Å². The first-order chi connectivity index (χ1) is 5.00. The lowest BCUT2D eigenvalue weighted by Crippen LogP contribution is -2.31. The maximum absolute atomic E-state index is 5.65. The fourth-order valence-corrected chi connectivity index (χ4v) is 0.585. The van der Waals surface area contributed by atoms with Crippen LogP contribution in [-0.4, -0.2) is 18.8 Å². The van der Waals surface area contributed by atoms with Crippen LogP contribution in [-0.2, 0) is 4.74 Å². The van der Waals surface area contributed by atoms with Crippen molar-refractivity contribution in [2.24, 2.45) is 11.7 Å². The Labute approximate surface area is 70.1 Å². The number of rotatable bonds is 5. The Hall–Kier alpha value is -0.0800. The summed E-state index contributed by atoms with van der Waals surface area (Å²) in [6, 6.07) is 0. The first-order valence-electron chi connectivity index (χ1n) is 4.34. The van der Waals surface area contributed by atoms with Crippen LogP contribution in [0.15, 0.2) is 0 Å². The van der Waals surface area contributed by atoms with Crippen molar-refractivity contribution in [1.82, 2.24) is 0 Å². The van der Waals surface area contributed by atoms with Crippen molar-refractivity contribution in [3.05, 3.63) is 0 Å². The Kier molecular flexibility index (Phi) is 4.69. The average molecular weight is 159 g/mol. The van der Waals surface area contributed by atoms with E-state index < -0.39 is 0 Å². The first-order valence-corrected chi connectivity index (χ1v) is 4.34. The molecule has 0 aromatic rings. The largest absolute Gasteiger partial charge is 0.375 e. The van der Waals surface area contributed by atoms with Gasteiger partial charge in [0.05, 0.1) is 5.60 Å². The zero-order valence-corrected chi connectivity index (χ0v) is 8.18. The molecule has 0 rings (SSSR count). The number of ether oxygens (including phenoxy) is 1. The lowest BCUT2D eigenvalue weighted by Gasteiger charge is -2.29. The molecule has 0 heterocycles. The van der Waals surface area contributed by atoms with Gasteiger partial charge in [-0.25, -0.2) is 0 Å². The van der Waals surface area contributed by atoms with Crippen LogP contribution in [0.4, 0.5) is 0 Å². The van der Waals surface area contributed by atoms with Crippen LogP contribution >= 0.6 is 0 Å². The Balaban J connectivity index is 3.55. The van der Waals surface area contributed by atoms with E-state index in [2.05, 4.69) is 27.7 Å². The van der Waals surface area contributed by atoms with Gasteiger partial charge >= 0.3 is 0 Å². The van der Waals surface area contributed by atoms with Gasteiger partial charge < -0.3 is 10.5 Å². The molecule has 0 aliphatic carbocycles. The molecule has 0 aromatic heterocycles. The molecule has 0 atom stereocenters. The van der Waals surface area contributed by atoms with E-state index in [0.717, 1.165) is 13.0 Å². The van der Waals surface area contributed by atoms with Crippen LogP contribution < -0.4 is 5.73 Å². The van der Waals surface area contributed by atoms with E-state index in [4.69, 9.17) is 10.5 Å². The predicted molar refractivity (Wildman–Crippen MR) is 48.5 cm³/mol. The summed E-state index contributed by atoms with van der Waals surface area (Å²) in [5.41, 5.74) is 5.35. The lowest BCUT2D eigenvalue weighted by atomic mass is 9.95. The zero-order chi connectivity index (χ0) is 8.91. The van der Waals surface area contributed by atoms with E-state index in [1.807, 2.05) is 0 Å². The van der Waals surface area contributed by atoms with Crippen LogP contribution in [0.2, 0.25) is 0 Å². The standard InChI is InChI=1S/C9H21NO/c1-8(2)9(3,4)11-7-5-6-10/h8H,5-7,10H2,1-4H3. The van der Waals surface area contributed by atoms with E-state index in [1.54, 1.807) is 0 Å². The summed E-state index contributed by atoms with van der Waals surface area (Å²) in [6.07, 6.45) is 0.955. The molecule has 2 N–H and O–H groups in total. The fraction of sp³-hybridized carbons (Fsp3) is 1.00. The average Bonchev–Trinajstić information content (AvgIpc) is 1.88. The van der Waals surface area contributed by atoms with Crippen molar-refractivity contribution in [1.29, 1.82) is 0 Å². The number of hydrogen-bond donors (Lipinski definition) is 1. The van der Waals surface area contributed by atoms with E-state index in [9.17, 15) is 0 Å². The molecule has 0 aliphatic heterocycles. The van der Waals surface area contributed by atoms with Crippen molar-refractivity contribution in [3.63, 3.8) is 0 Å². The maximum atomic E-state index is 5.65. The topological polar surface area (TPSA) is 35.2 Å². The third kappa shape index (κ3) is 4.38. The molecule has 0 saturated heterocycles. The van der Waals surface area contributed by atoms with E-state index in [-0.39, 0.29) is 5.60 Å². The highest BCUT2D eigenvalue weighted by Gasteiger charge is 2.22. The Morgan fingerprint density at radius 3 is 2.27 bits per heavy atom. The third-order valence-electron chi connectivity index (χ3n) is 2.21. The van der Waals surface area contributed by atoms with Crippen molar-refractivity contribution in [2.75, 3.05) is 13.2 Å². The van der Waals surface area contributed by atoms with Crippen molar-refractivity contribution < 1.29 is 4.74 Å². The molecule has 0 radical (unpaired) electrons. The van der Waals surface area contributed by atoms with E-state index >= 15 is 0 Å². The van der Waals surface area contributed by atoms with Gasteiger partial charge in [0.1, 0.15) is 0 Å². The van der Waals surface area contributed by atoms with Crippen LogP contribution in [0.3, 0.4) is 0 Å². The van der Waals surface area contributed by atoms with Gasteiger partial charge in [0, 0.05) is 6.61 Å². The van der Waals surface area contributed by atoms with Gasteiger partial charge in [-0.15, -0.1) is 0 Å². The number of nitrogens with two attached hydrogens (primary N) is 1. The second-order valence-electron chi connectivity index (χ2n) is 3.75. The maximum Gasteiger partial charge on any atom is 0.0649 e. The second kappa shape index (κ2) is 4.73. The summed E-state index contributed by atoms with van der Waals surface area (Å²) in [6.45, 7) is 10.1. The van der Waals surface area contributed by atoms with Crippen molar-refractivity contribution >= 4 is 0 Å². The van der Waals surface area contributed by atoms with Crippen LogP contribution in [0.1, 0.15) is 34.1 Å². The van der Waals surface area contributed by atoms with Gasteiger partial charge in [0.25, 0.3) is 0 Å². The van der Waals surface area contributed by atoms with E-state index in [1.165, 1.54) is 0 Å². The summed E-state index contributed by atoms with van der Waals surface area (Å²) >= 11 is 0. The van der Waals surface area contributed by atoms with Gasteiger partial charge in [-0.05, 0) is 32.7 Å². The van der Waals surface area contributed by atoms with Crippen LogP contribution in [0, 0.1) is 5.92 Å². The van der Waals surface area contributed by atoms with E-state index in [0.29, 0.717) is 12.5 Å². The third-order valence-corrected chi connectivity index (χ3v) is 2.21. The molecular weight excluding hydrogens is 138 g/mol. The Bertz CT molecular complexity index is 99.7. The Morgan fingerprint density at radius 1 is 1.36 bits per heavy atom. The normalized spacial score (nSPS) is 12.5. The molecule has 11 heavy (non-hydrogen) atoms. The first kappa shape index (κ1) is 10.9. The number of hydrogen-bond acceptors (Lipinski definition) is 2. The van der Waals surface area contributed by atoms with Crippen molar-refractivity contribution in [3.8, 4) is 0 Å². The highest BCUT2D eigenvalue weighted by molar-refractivity contribution is 4.72. The molecule has 0 bridgehead atoms. The zero-order valence-electron chi connectivity index (χ0n) is 8.18. The fourth-order valence-electron chi connectivity index (χ4n) is 0.585. The Morgan fingerprint density at radius 2 is 1.91 bits per heavy atom. The van der Waals surface area contributed by atoms with Gasteiger partial charge in [0.2, 0.25) is 0 Å².